The van der Waals surface area contributed by atoms with Crippen LogP contribution in [0.5, 0.6) is 0 Å². The van der Waals surface area contributed by atoms with Crippen LogP contribution in [0.2, 0.25) is 0 Å². The molecule has 0 fully saturated rings. The molecule has 18 heavy (non-hydrogen) atoms. The summed E-state index contributed by atoms with van der Waals surface area (Å²) in [5.41, 5.74) is 2.86. The molecular weight excluding hydrogens is 297 g/mol. The molecule has 0 amide bonds. The molecule has 2 nitrogen and oxygen atoms in total. The molecule has 2 aromatic carbocycles. The van der Waals surface area contributed by atoms with Crippen molar-refractivity contribution in [2.45, 2.75) is 6.92 Å². The lowest BCUT2D eigenvalue weighted by Crippen LogP contribution is -1.83. The molecule has 0 bridgehead atoms. The lowest BCUT2D eigenvalue weighted by Gasteiger charge is -1.97. The molecule has 0 unspecified atom stereocenters. The minimum absolute atomic E-state index is 0.306. The quantitative estimate of drug-likeness (QED) is 0.651. The second-order valence-corrected chi connectivity index (χ2v) is 5.03. The van der Waals surface area contributed by atoms with Gasteiger partial charge >= 0.3 is 0 Å². The van der Waals surface area contributed by atoms with Gasteiger partial charge in [-0.25, -0.2) is 9.37 Å². The number of hydrogen-bond acceptors (Lipinski definition) is 2. The van der Waals surface area contributed by atoms with Crippen LogP contribution in [-0.4, -0.2) is 4.98 Å². The SMILES string of the molecule is Cc1ccc2nc(-c3ccc(Br)cc3F)oc2c1. The Hall–Kier alpha value is -1.68. The zero-order chi connectivity index (χ0) is 12.7. The smallest absolute Gasteiger partial charge is 0.230 e. The lowest BCUT2D eigenvalue weighted by atomic mass is 10.2. The number of fused-ring (bicyclic) bond motifs is 1. The van der Waals surface area contributed by atoms with E-state index in [0.29, 0.717) is 21.5 Å². The second-order valence-electron chi connectivity index (χ2n) is 4.11. The first-order valence-corrected chi connectivity index (χ1v) is 6.25. The Labute approximate surface area is 112 Å². The van der Waals surface area contributed by atoms with Gasteiger partial charge in [-0.2, -0.15) is 0 Å². The van der Waals surface area contributed by atoms with Gasteiger partial charge in [0.2, 0.25) is 5.89 Å². The van der Waals surface area contributed by atoms with Crippen LogP contribution in [0, 0.1) is 12.7 Å². The standard InChI is InChI=1S/C14H9BrFNO/c1-8-2-5-12-13(6-8)18-14(17-12)10-4-3-9(15)7-11(10)16/h2-7H,1H3. The number of aryl methyl sites for hydroxylation is 1. The van der Waals surface area contributed by atoms with Crippen molar-refractivity contribution in [2.24, 2.45) is 0 Å². The Morgan fingerprint density at radius 1 is 1.17 bits per heavy atom. The molecule has 0 aliphatic heterocycles. The maximum atomic E-state index is 13.8. The monoisotopic (exact) mass is 305 g/mol. The van der Waals surface area contributed by atoms with Crippen LogP contribution in [0.3, 0.4) is 0 Å². The van der Waals surface area contributed by atoms with Crippen molar-refractivity contribution < 1.29 is 8.81 Å². The summed E-state index contributed by atoms with van der Waals surface area (Å²) in [5, 5.41) is 0. The van der Waals surface area contributed by atoms with Crippen LogP contribution >= 0.6 is 15.9 Å². The van der Waals surface area contributed by atoms with E-state index in [9.17, 15) is 4.39 Å². The van der Waals surface area contributed by atoms with E-state index in [0.717, 1.165) is 11.1 Å². The molecule has 0 aliphatic carbocycles. The van der Waals surface area contributed by atoms with Gasteiger partial charge < -0.3 is 4.42 Å². The lowest BCUT2D eigenvalue weighted by molar-refractivity contribution is 0.593. The minimum Gasteiger partial charge on any atom is -0.436 e. The average Bonchev–Trinajstić information content (AvgIpc) is 2.71. The summed E-state index contributed by atoms with van der Waals surface area (Å²) in [6, 6.07) is 10.5. The Morgan fingerprint density at radius 3 is 2.78 bits per heavy atom. The number of nitrogens with zero attached hydrogens (tertiary/aromatic N) is 1. The molecule has 90 valence electrons. The summed E-state index contributed by atoms with van der Waals surface area (Å²) in [7, 11) is 0. The third-order valence-electron chi connectivity index (χ3n) is 2.71. The average molecular weight is 306 g/mol. The molecule has 3 rings (SSSR count). The third kappa shape index (κ3) is 1.93. The van der Waals surface area contributed by atoms with Crippen LogP contribution < -0.4 is 0 Å². The minimum atomic E-state index is -0.354. The molecule has 0 saturated carbocycles. The predicted octanol–water partition coefficient (Wildman–Crippen LogP) is 4.70. The molecule has 0 aliphatic rings. The highest BCUT2D eigenvalue weighted by molar-refractivity contribution is 9.10. The van der Waals surface area contributed by atoms with E-state index in [1.165, 1.54) is 6.07 Å². The number of rotatable bonds is 1. The van der Waals surface area contributed by atoms with E-state index in [1.807, 2.05) is 25.1 Å². The summed E-state index contributed by atoms with van der Waals surface area (Å²) in [6.07, 6.45) is 0. The van der Waals surface area contributed by atoms with Gasteiger partial charge in [0.15, 0.2) is 5.58 Å². The van der Waals surface area contributed by atoms with E-state index in [1.54, 1.807) is 12.1 Å². The van der Waals surface area contributed by atoms with Crippen molar-refractivity contribution in [3.8, 4) is 11.5 Å². The summed E-state index contributed by atoms with van der Waals surface area (Å²) >= 11 is 3.22. The largest absolute Gasteiger partial charge is 0.436 e. The predicted molar refractivity (Wildman–Crippen MR) is 71.8 cm³/mol. The van der Waals surface area contributed by atoms with Crippen molar-refractivity contribution in [3.63, 3.8) is 0 Å². The van der Waals surface area contributed by atoms with E-state index in [4.69, 9.17) is 4.42 Å². The topological polar surface area (TPSA) is 26.0 Å². The van der Waals surface area contributed by atoms with Crippen molar-refractivity contribution >= 4 is 27.0 Å². The van der Waals surface area contributed by atoms with Crippen molar-refractivity contribution in [1.82, 2.24) is 4.98 Å². The Kier molecular flexibility index (Phi) is 2.67. The highest BCUT2D eigenvalue weighted by Crippen LogP contribution is 2.28. The first-order chi connectivity index (χ1) is 8.63. The molecule has 1 heterocycles. The number of halogens is 2. The number of aromatic nitrogens is 1. The zero-order valence-corrected chi connectivity index (χ0v) is 11.2. The van der Waals surface area contributed by atoms with Gasteiger partial charge in [-0.05, 0) is 42.8 Å². The highest BCUT2D eigenvalue weighted by atomic mass is 79.9. The summed E-state index contributed by atoms with van der Waals surface area (Å²) in [6.45, 7) is 1.97. The van der Waals surface area contributed by atoms with Crippen molar-refractivity contribution in [1.29, 1.82) is 0 Å². The van der Waals surface area contributed by atoms with E-state index in [-0.39, 0.29) is 5.82 Å². The Balaban J connectivity index is 2.19. The van der Waals surface area contributed by atoms with Gasteiger partial charge in [0.05, 0.1) is 5.56 Å². The Morgan fingerprint density at radius 2 is 2.00 bits per heavy atom. The molecular formula is C14H9BrFNO. The first-order valence-electron chi connectivity index (χ1n) is 5.46. The molecule has 3 aromatic rings. The van der Waals surface area contributed by atoms with Gasteiger partial charge in [-0.3, -0.25) is 0 Å². The van der Waals surface area contributed by atoms with Crippen molar-refractivity contribution in [2.75, 3.05) is 0 Å². The fourth-order valence-electron chi connectivity index (χ4n) is 1.81. The first kappa shape index (κ1) is 11.4. The van der Waals surface area contributed by atoms with Gasteiger partial charge in [-0.15, -0.1) is 0 Å². The van der Waals surface area contributed by atoms with E-state index in [2.05, 4.69) is 20.9 Å². The van der Waals surface area contributed by atoms with Crippen LogP contribution in [0.4, 0.5) is 4.39 Å². The Bertz CT molecular complexity index is 736. The normalized spacial score (nSPS) is 11.1. The zero-order valence-electron chi connectivity index (χ0n) is 9.58. The van der Waals surface area contributed by atoms with Crippen LogP contribution in [0.25, 0.3) is 22.6 Å². The number of oxazole rings is 1. The van der Waals surface area contributed by atoms with Gasteiger partial charge in [0.1, 0.15) is 11.3 Å². The molecule has 4 heteroatoms. The highest BCUT2D eigenvalue weighted by Gasteiger charge is 2.12. The third-order valence-corrected chi connectivity index (χ3v) is 3.20. The number of benzene rings is 2. The molecule has 0 spiro atoms. The molecule has 0 saturated heterocycles. The van der Waals surface area contributed by atoms with E-state index >= 15 is 0 Å². The van der Waals surface area contributed by atoms with Crippen LogP contribution in [0.1, 0.15) is 5.56 Å². The van der Waals surface area contributed by atoms with Crippen molar-refractivity contribution in [3.05, 3.63) is 52.3 Å². The summed E-state index contributed by atoms with van der Waals surface area (Å²) < 4.78 is 20.1. The van der Waals surface area contributed by atoms with E-state index < -0.39 is 0 Å². The fraction of sp³-hybridized carbons (Fsp3) is 0.0714. The second kappa shape index (κ2) is 4.21. The van der Waals surface area contributed by atoms with Gasteiger partial charge in [0, 0.05) is 4.47 Å². The maximum Gasteiger partial charge on any atom is 0.230 e. The molecule has 0 radical (unpaired) electrons. The van der Waals surface area contributed by atoms with Gasteiger partial charge in [0.25, 0.3) is 0 Å². The van der Waals surface area contributed by atoms with Crippen LogP contribution in [0.15, 0.2) is 45.3 Å². The molecule has 0 atom stereocenters. The summed E-state index contributed by atoms with van der Waals surface area (Å²) in [5.74, 6) is -0.0479. The molecule has 0 N–H and O–H groups in total. The molecule has 1 aromatic heterocycles. The summed E-state index contributed by atoms with van der Waals surface area (Å²) in [4.78, 5) is 4.29. The van der Waals surface area contributed by atoms with Crippen LogP contribution in [-0.2, 0) is 0 Å². The van der Waals surface area contributed by atoms with Gasteiger partial charge in [-0.1, -0.05) is 22.0 Å². The maximum absolute atomic E-state index is 13.8. The fourth-order valence-corrected chi connectivity index (χ4v) is 2.14. The number of hydrogen-bond donors (Lipinski definition) is 0.